The molecular weight excluding hydrogens is 721 g/mol. The molecule has 0 fully saturated rings. The molecule has 0 aliphatic carbocycles. The quantitative estimate of drug-likeness (QED) is 0.180. The number of fused-ring (bicyclic) bond motifs is 13. The van der Waals surface area contributed by atoms with Crippen LogP contribution in [0.2, 0.25) is 0 Å². The van der Waals surface area contributed by atoms with Crippen molar-refractivity contribution >= 4 is 87.2 Å². The van der Waals surface area contributed by atoms with Gasteiger partial charge in [-0.25, -0.2) is 9.97 Å². The summed E-state index contributed by atoms with van der Waals surface area (Å²) in [5.74, 6) is 0.631. The summed E-state index contributed by atoms with van der Waals surface area (Å²) in [4.78, 5) is 10.8. The van der Waals surface area contributed by atoms with Gasteiger partial charge < -0.3 is 8.98 Å². The number of benzene rings is 9. The van der Waals surface area contributed by atoms with Crippen LogP contribution in [0.1, 0.15) is 0 Å². The fraction of sp³-hybridized carbons (Fsp3) is 0. The van der Waals surface area contributed by atoms with Crippen molar-refractivity contribution in [3.05, 3.63) is 194 Å². The minimum Gasteiger partial charge on any atom is -0.455 e. The van der Waals surface area contributed by atoms with E-state index in [0.717, 1.165) is 93.4 Å². The molecule has 0 bridgehead atoms. The zero-order chi connectivity index (χ0) is 38.6. The molecule has 13 aromatic rings. The van der Waals surface area contributed by atoms with Gasteiger partial charge in [0.25, 0.3) is 0 Å². The third kappa shape index (κ3) is 4.67. The fourth-order valence-electron chi connectivity index (χ4n) is 9.46. The van der Waals surface area contributed by atoms with Crippen molar-refractivity contribution < 1.29 is 4.42 Å². The van der Waals surface area contributed by atoms with Gasteiger partial charge in [-0.15, -0.1) is 0 Å². The summed E-state index contributed by atoms with van der Waals surface area (Å²) in [6.07, 6.45) is 0. The Balaban J connectivity index is 1.14. The number of furan rings is 1. The van der Waals surface area contributed by atoms with Gasteiger partial charge in [-0.2, -0.15) is 0 Å². The van der Waals surface area contributed by atoms with Crippen molar-refractivity contribution in [3.8, 4) is 34.0 Å². The Morgan fingerprint density at radius 1 is 0.390 bits per heavy atom. The van der Waals surface area contributed by atoms with Crippen LogP contribution in [0.4, 0.5) is 0 Å². The van der Waals surface area contributed by atoms with Crippen LogP contribution in [0.15, 0.2) is 199 Å². The number of hydrogen-bond acceptors (Lipinski definition) is 3. The van der Waals surface area contributed by atoms with E-state index in [4.69, 9.17) is 14.4 Å². The molecule has 13 rings (SSSR count). The van der Waals surface area contributed by atoms with E-state index in [1.807, 2.05) is 6.07 Å². The molecule has 9 aromatic carbocycles. The zero-order valence-electron chi connectivity index (χ0n) is 31.7. The molecule has 0 aliphatic rings. The first-order valence-corrected chi connectivity index (χ1v) is 20.0. The molecule has 0 aliphatic heterocycles. The minimum atomic E-state index is 0.631. The molecule has 59 heavy (non-hydrogen) atoms. The maximum Gasteiger partial charge on any atom is 0.235 e. The van der Waals surface area contributed by atoms with E-state index in [2.05, 4.69) is 197 Å². The summed E-state index contributed by atoms with van der Waals surface area (Å²) in [5, 5.41) is 10.1. The monoisotopic (exact) mass is 752 g/mol. The highest BCUT2D eigenvalue weighted by atomic mass is 16.3. The second-order valence-corrected chi connectivity index (χ2v) is 15.3. The van der Waals surface area contributed by atoms with E-state index < -0.39 is 0 Å². The highest BCUT2D eigenvalue weighted by molar-refractivity contribution is 6.31. The summed E-state index contributed by atoms with van der Waals surface area (Å²) < 4.78 is 11.4. The van der Waals surface area contributed by atoms with Crippen molar-refractivity contribution in [2.24, 2.45) is 0 Å². The maximum atomic E-state index is 6.76. The molecule has 0 N–H and O–H groups in total. The highest BCUT2D eigenvalue weighted by Gasteiger charge is 2.25. The predicted octanol–water partition coefficient (Wildman–Crippen LogP) is 14.2. The number of hydrogen-bond donors (Lipinski definition) is 0. The van der Waals surface area contributed by atoms with Gasteiger partial charge in [0.15, 0.2) is 0 Å². The van der Waals surface area contributed by atoms with E-state index in [9.17, 15) is 0 Å². The molecule has 0 saturated heterocycles. The van der Waals surface area contributed by atoms with Crippen LogP contribution in [-0.4, -0.2) is 19.1 Å². The third-order valence-corrected chi connectivity index (χ3v) is 12.1. The first-order valence-electron chi connectivity index (χ1n) is 20.0. The summed E-state index contributed by atoms with van der Waals surface area (Å²) in [5.41, 5.74) is 12.4. The lowest BCUT2D eigenvalue weighted by Gasteiger charge is -2.12. The van der Waals surface area contributed by atoms with E-state index in [1.165, 1.54) is 21.9 Å². The summed E-state index contributed by atoms with van der Waals surface area (Å²) in [6.45, 7) is 0. The van der Waals surface area contributed by atoms with Crippen molar-refractivity contribution in [2.75, 3.05) is 0 Å². The second-order valence-electron chi connectivity index (χ2n) is 15.3. The Morgan fingerprint density at radius 3 is 1.92 bits per heavy atom. The van der Waals surface area contributed by atoms with Crippen LogP contribution >= 0.6 is 0 Å². The Labute approximate surface area is 337 Å². The van der Waals surface area contributed by atoms with E-state index >= 15 is 0 Å². The minimum absolute atomic E-state index is 0.631. The van der Waals surface area contributed by atoms with Gasteiger partial charge in [0.05, 0.1) is 38.7 Å². The molecule has 0 unspecified atom stereocenters. The van der Waals surface area contributed by atoms with Crippen LogP contribution in [0, 0.1) is 0 Å². The SMILES string of the molecule is c1ccc(-c2ccc(-n3c4ccc5c6ccccc6oc5c4c4ccc5c(c6ccccc6n5-c5nc(-c6ccc7ccccc7c6)c6ccccc6n5)c43)cc2)cc1. The molecule has 5 heteroatoms. The maximum absolute atomic E-state index is 6.76. The Bertz CT molecular complexity index is 3830. The second kappa shape index (κ2) is 12.2. The first-order chi connectivity index (χ1) is 29.3. The zero-order valence-corrected chi connectivity index (χ0v) is 31.7. The number of nitrogens with zero attached hydrogens (tertiary/aromatic N) is 4. The van der Waals surface area contributed by atoms with E-state index in [0.29, 0.717) is 5.95 Å². The lowest BCUT2D eigenvalue weighted by Crippen LogP contribution is -2.03. The van der Waals surface area contributed by atoms with Gasteiger partial charge in [-0.05, 0) is 82.6 Å². The summed E-state index contributed by atoms with van der Waals surface area (Å²) >= 11 is 0. The van der Waals surface area contributed by atoms with Gasteiger partial charge in [0.1, 0.15) is 11.2 Å². The average Bonchev–Trinajstić information content (AvgIpc) is 3.96. The number of aromatic nitrogens is 4. The fourth-order valence-corrected chi connectivity index (χ4v) is 9.46. The highest BCUT2D eigenvalue weighted by Crippen LogP contribution is 2.45. The Kier molecular flexibility index (Phi) is 6.66. The third-order valence-electron chi connectivity index (χ3n) is 12.1. The van der Waals surface area contributed by atoms with Crippen molar-refractivity contribution in [1.82, 2.24) is 19.1 Å². The number of rotatable bonds is 4. The Morgan fingerprint density at radius 2 is 1.05 bits per heavy atom. The van der Waals surface area contributed by atoms with Gasteiger partial charge in [0, 0.05) is 43.6 Å². The van der Waals surface area contributed by atoms with Crippen LogP contribution in [0.3, 0.4) is 0 Å². The van der Waals surface area contributed by atoms with Gasteiger partial charge in [0.2, 0.25) is 5.95 Å². The molecule has 274 valence electrons. The summed E-state index contributed by atoms with van der Waals surface area (Å²) in [7, 11) is 0. The molecule has 0 amide bonds. The molecule has 0 radical (unpaired) electrons. The molecule has 0 spiro atoms. The van der Waals surface area contributed by atoms with Crippen molar-refractivity contribution in [2.45, 2.75) is 0 Å². The van der Waals surface area contributed by atoms with Gasteiger partial charge in [-0.1, -0.05) is 133 Å². The topological polar surface area (TPSA) is 48.8 Å². The molecule has 4 heterocycles. The molecular formula is C54H32N4O. The van der Waals surface area contributed by atoms with E-state index in [-0.39, 0.29) is 0 Å². The first kappa shape index (κ1) is 32.1. The predicted molar refractivity (Wildman–Crippen MR) is 244 cm³/mol. The van der Waals surface area contributed by atoms with Crippen molar-refractivity contribution in [1.29, 1.82) is 0 Å². The summed E-state index contributed by atoms with van der Waals surface area (Å²) in [6, 6.07) is 68.9. The molecule has 5 nitrogen and oxygen atoms in total. The number of para-hydroxylation sites is 3. The normalized spacial score (nSPS) is 12.1. The molecule has 4 aromatic heterocycles. The lowest BCUT2D eigenvalue weighted by atomic mass is 10.0. The molecule has 0 atom stereocenters. The van der Waals surface area contributed by atoms with Gasteiger partial charge >= 0.3 is 0 Å². The average molecular weight is 753 g/mol. The lowest BCUT2D eigenvalue weighted by molar-refractivity contribution is 0.673. The van der Waals surface area contributed by atoms with Crippen LogP contribution in [-0.2, 0) is 0 Å². The smallest absolute Gasteiger partial charge is 0.235 e. The van der Waals surface area contributed by atoms with Crippen LogP contribution < -0.4 is 0 Å². The van der Waals surface area contributed by atoms with Gasteiger partial charge in [-0.3, -0.25) is 4.57 Å². The van der Waals surface area contributed by atoms with E-state index in [1.54, 1.807) is 0 Å². The molecule has 0 saturated carbocycles. The Hall–Kier alpha value is -8.02. The largest absolute Gasteiger partial charge is 0.455 e. The standard InChI is InChI=1S/C54H32N4O/c1-2-12-33(13-3-1)35-24-26-38(27-25-35)57-47-30-28-40-39-16-8-11-21-48(39)59-53(40)50(47)43-29-31-46-49(52(43)57)42-18-7-10-20-45(42)58(46)54-55-44-19-9-6-17-41(44)51(56-54)37-23-22-34-14-4-5-15-36(34)32-37/h1-32H. The van der Waals surface area contributed by atoms with Crippen molar-refractivity contribution in [3.63, 3.8) is 0 Å². The van der Waals surface area contributed by atoms with Crippen LogP contribution in [0.5, 0.6) is 0 Å². The van der Waals surface area contributed by atoms with Crippen LogP contribution in [0.25, 0.3) is 121 Å².